The van der Waals surface area contributed by atoms with Crippen molar-refractivity contribution in [3.05, 3.63) is 41.9 Å². The summed E-state index contributed by atoms with van der Waals surface area (Å²) in [7, 11) is 0. The average molecular weight is 337 g/mol. The molecule has 2 rings (SSSR count). The molecule has 4 heteroatoms. The van der Waals surface area contributed by atoms with Crippen molar-refractivity contribution in [2.75, 3.05) is 19.6 Å². The van der Waals surface area contributed by atoms with Crippen LogP contribution in [0.4, 0.5) is 0 Å². The Balaban J connectivity index is 2.27. The number of aromatic nitrogens is 1. The molecule has 25 heavy (non-hydrogen) atoms. The van der Waals surface area contributed by atoms with Crippen molar-refractivity contribution in [3.8, 4) is 12.3 Å². The largest absolute Gasteiger partial charge is 0.305 e. The van der Waals surface area contributed by atoms with Crippen LogP contribution in [0.25, 0.3) is 6.08 Å². The van der Waals surface area contributed by atoms with Crippen molar-refractivity contribution in [2.45, 2.75) is 38.5 Å². The van der Waals surface area contributed by atoms with Crippen LogP contribution < -0.4 is 0 Å². The Morgan fingerprint density at radius 2 is 2.36 bits per heavy atom. The van der Waals surface area contributed by atoms with Gasteiger partial charge in [-0.05, 0) is 49.9 Å². The van der Waals surface area contributed by atoms with E-state index in [4.69, 9.17) is 6.42 Å². The van der Waals surface area contributed by atoms with Crippen LogP contribution in [0.2, 0.25) is 0 Å². The molecule has 0 bridgehead atoms. The van der Waals surface area contributed by atoms with Crippen molar-refractivity contribution >= 4 is 18.7 Å². The molecule has 1 aromatic heterocycles. The van der Waals surface area contributed by atoms with Crippen molar-refractivity contribution in [1.29, 1.82) is 0 Å². The maximum absolute atomic E-state index is 10.7. The highest BCUT2D eigenvalue weighted by Crippen LogP contribution is 2.31. The van der Waals surface area contributed by atoms with Gasteiger partial charge in [-0.1, -0.05) is 12.7 Å². The summed E-state index contributed by atoms with van der Waals surface area (Å²) in [4.78, 5) is 17.2. The highest BCUT2D eigenvalue weighted by atomic mass is 16.1. The number of allylic oxidation sites excluding steroid dienone is 1. The van der Waals surface area contributed by atoms with Crippen molar-refractivity contribution in [3.63, 3.8) is 0 Å². The molecule has 1 atom stereocenters. The SMILES string of the molecule is C#CC/C=C/c1cc(C2CCCN(CCC=O)C2)c(C)n1/C=N\C=C. The van der Waals surface area contributed by atoms with E-state index < -0.39 is 0 Å². The molecule has 0 amide bonds. The van der Waals surface area contributed by atoms with Gasteiger partial charge in [0.05, 0.1) is 6.34 Å². The third kappa shape index (κ3) is 5.04. The second-order valence-electron chi connectivity index (χ2n) is 6.33. The second-order valence-corrected chi connectivity index (χ2v) is 6.33. The molecule has 132 valence electrons. The van der Waals surface area contributed by atoms with Crippen LogP contribution >= 0.6 is 0 Å². The third-order valence-electron chi connectivity index (χ3n) is 4.68. The minimum Gasteiger partial charge on any atom is -0.305 e. The Bertz CT molecular complexity index is 691. The lowest BCUT2D eigenvalue weighted by molar-refractivity contribution is -0.108. The molecule has 0 N–H and O–H groups in total. The lowest BCUT2D eigenvalue weighted by Gasteiger charge is -2.32. The summed E-state index contributed by atoms with van der Waals surface area (Å²) in [6, 6.07) is 2.24. The topological polar surface area (TPSA) is 37.6 Å². The zero-order chi connectivity index (χ0) is 18.1. The molecule has 0 radical (unpaired) electrons. The number of aliphatic imine (C=N–C) groups is 1. The first-order valence-corrected chi connectivity index (χ1v) is 8.83. The second kappa shape index (κ2) is 9.80. The molecule has 1 saturated heterocycles. The maximum atomic E-state index is 10.7. The van der Waals surface area contributed by atoms with E-state index >= 15 is 0 Å². The van der Waals surface area contributed by atoms with E-state index in [0.717, 1.165) is 38.0 Å². The van der Waals surface area contributed by atoms with Crippen LogP contribution in [0.5, 0.6) is 0 Å². The number of rotatable bonds is 8. The van der Waals surface area contributed by atoms with E-state index in [1.54, 1.807) is 6.34 Å². The van der Waals surface area contributed by atoms with E-state index in [1.165, 1.54) is 23.9 Å². The predicted molar refractivity (Wildman–Crippen MR) is 105 cm³/mol. The van der Waals surface area contributed by atoms with Gasteiger partial charge < -0.3 is 14.3 Å². The Morgan fingerprint density at radius 3 is 3.08 bits per heavy atom. The van der Waals surface area contributed by atoms with Crippen LogP contribution in [0.3, 0.4) is 0 Å². The van der Waals surface area contributed by atoms with Gasteiger partial charge in [-0.15, -0.1) is 12.3 Å². The number of hydrogen-bond donors (Lipinski definition) is 0. The van der Waals surface area contributed by atoms with Crippen LogP contribution in [0, 0.1) is 19.3 Å². The van der Waals surface area contributed by atoms with Crippen LogP contribution in [-0.4, -0.2) is 41.7 Å². The van der Waals surface area contributed by atoms with Gasteiger partial charge in [0.25, 0.3) is 0 Å². The molecule has 1 fully saturated rings. The molecule has 0 aromatic carbocycles. The van der Waals surface area contributed by atoms with Crippen LogP contribution in [0.15, 0.2) is 29.9 Å². The Labute approximate surface area is 150 Å². The molecule has 0 spiro atoms. The summed E-state index contributed by atoms with van der Waals surface area (Å²) >= 11 is 0. The first-order chi connectivity index (χ1) is 12.2. The molecule has 4 nitrogen and oxygen atoms in total. The summed E-state index contributed by atoms with van der Waals surface area (Å²) < 4.78 is 2.09. The van der Waals surface area contributed by atoms with Gasteiger partial charge in [-0.3, -0.25) is 0 Å². The van der Waals surface area contributed by atoms with Crippen molar-refractivity contribution < 1.29 is 4.79 Å². The highest BCUT2D eigenvalue weighted by molar-refractivity contribution is 5.68. The first kappa shape index (κ1) is 19.0. The molecular formula is C21H27N3O. The average Bonchev–Trinajstić information content (AvgIpc) is 2.94. The molecule has 1 aliphatic rings. The maximum Gasteiger partial charge on any atom is 0.121 e. The van der Waals surface area contributed by atoms with Crippen molar-refractivity contribution in [2.24, 2.45) is 4.99 Å². The lowest BCUT2D eigenvalue weighted by atomic mass is 9.90. The zero-order valence-electron chi connectivity index (χ0n) is 15.0. The molecule has 1 aliphatic heterocycles. The molecule has 2 heterocycles. The van der Waals surface area contributed by atoms with Crippen LogP contribution in [-0.2, 0) is 4.79 Å². The van der Waals surface area contributed by atoms with Gasteiger partial charge in [0, 0.05) is 43.5 Å². The van der Waals surface area contributed by atoms with E-state index in [-0.39, 0.29) is 0 Å². The van der Waals surface area contributed by atoms with Crippen LogP contribution in [0.1, 0.15) is 48.6 Å². The number of likely N-dealkylation sites (tertiary alicyclic amines) is 1. The summed E-state index contributed by atoms with van der Waals surface area (Å²) in [5.41, 5.74) is 3.64. The number of carbonyl (C=O) groups is 1. The number of hydrogen-bond acceptors (Lipinski definition) is 3. The van der Waals surface area contributed by atoms with Gasteiger partial charge in [0.1, 0.15) is 6.29 Å². The fourth-order valence-corrected chi connectivity index (χ4v) is 3.47. The summed E-state index contributed by atoms with van der Waals surface area (Å²) in [6.45, 7) is 8.73. The number of nitrogens with zero attached hydrogens (tertiary/aromatic N) is 3. The summed E-state index contributed by atoms with van der Waals surface area (Å²) in [6.07, 6.45) is 17.3. The zero-order valence-corrected chi connectivity index (χ0v) is 15.0. The van der Waals surface area contributed by atoms with E-state index in [0.29, 0.717) is 18.8 Å². The lowest BCUT2D eigenvalue weighted by Crippen LogP contribution is -2.35. The smallest absolute Gasteiger partial charge is 0.121 e. The number of terminal acetylenes is 1. The van der Waals surface area contributed by atoms with E-state index in [2.05, 4.69) is 46.0 Å². The minimum atomic E-state index is 0.485. The molecule has 0 aliphatic carbocycles. The first-order valence-electron chi connectivity index (χ1n) is 8.83. The summed E-state index contributed by atoms with van der Waals surface area (Å²) in [5, 5.41) is 0. The number of carbonyl (C=O) groups excluding carboxylic acids is 1. The molecule has 0 saturated carbocycles. The third-order valence-corrected chi connectivity index (χ3v) is 4.68. The molecule has 1 unspecified atom stereocenters. The van der Waals surface area contributed by atoms with Gasteiger partial charge in [0.15, 0.2) is 0 Å². The van der Waals surface area contributed by atoms with E-state index in [9.17, 15) is 4.79 Å². The Morgan fingerprint density at radius 1 is 1.52 bits per heavy atom. The van der Waals surface area contributed by atoms with Gasteiger partial charge in [0.2, 0.25) is 0 Å². The van der Waals surface area contributed by atoms with Crippen molar-refractivity contribution in [1.82, 2.24) is 9.47 Å². The Kier molecular flexibility index (Phi) is 7.43. The quantitative estimate of drug-likeness (QED) is 0.314. The van der Waals surface area contributed by atoms with E-state index in [1.807, 2.05) is 6.08 Å². The standard InChI is InChI=1S/C21H27N3O/c1-4-6-7-11-20-15-21(18(3)24(20)17-22-5-2)19-10-8-12-23(16-19)13-9-14-25/h1,5,7,11,14-15,17,19H,2,6,8-10,12-13,16H2,3H3/b11-7+,22-17-. The number of piperidine rings is 1. The number of aldehydes is 1. The Hall–Kier alpha value is -2.38. The molecular weight excluding hydrogens is 310 g/mol. The normalized spacial score (nSPS) is 18.6. The summed E-state index contributed by atoms with van der Waals surface area (Å²) in [5.74, 6) is 3.11. The fraction of sp³-hybridized carbons (Fsp3) is 0.429. The van der Waals surface area contributed by atoms with Gasteiger partial charge >= 0.3 is 0 Å². The fourth-order valence-electron chi connectivity index (χ4n) is 3.47. The predicted octanol–water partition coefficient (Wildman–Crippen LogP) is 3.62. The van der Waals surface area contributed by atoms with Gasteiger partial charge in [-0.2, -0.15) is 0 Å². The van der Waals surface area contributed by atoms with Gasteiger partial charge in [-0.25, -0.2) is 4.99 Å². The monoisotopic (exact) mass is 337 g/mol. The molecule has 1 aromatic rings. The highest BCUT2D eigenvalue weighted by Gasteiger charge is 2.24. The minimum absolute atomic E-state index is 0.485.